The average Bonchev–Trinajstić information content (AvgIpc) is 2.56. The van der Waals surface area contributed by atoms with E-state index in [4.69, 9.17) is 0 Å². The van der Waals surface area contributed by atoms with E-state index in [-0.39, 0.29) is 11.6 Å². The van der Waals surface area contributed by atoms with E-state index in [2.05, 4.69) is 20.6 Å². The lowest BCUT2D eigenvalue weighted by Crippen LogP contribution is -2.17. The number of nitrogens with one attached hydrogen (secondary N) is 2. The van der Waals surface area contributed by atoms with Crippen molar-refractivity contribution >= 4 is 23.2 Å². The first kappa shape index (κ1) is 18.4. The third kappa shape index (κ3) is 4.44. The summed E-state index contributed by atoms with van der Waals surface area (Å²) in [5, 5.41) is 5.28. The van der Waals surface area contributed by atoms with Crippen LogP contribution in [0, 0.1) is 32.4 Å². The van der Waals surface area contributed by atoms with Crippen molar-refractivity contribution in [2.75, 3.05) is 10.6 Å². The fourth-order valence-corrected chi connectivity index (χ4v) is 2.71. The number of carbonyl (C=O) groups is 1. The highest BCUT2D eigenvalue weighted by molar-refractivity contribution is 6.03. The standard InChI is InChI=1S/C20H18F2N4O/c1-11-7-12(2)9-14(8-11)24-20-23-13(3)10-17(25-20)19(27)26-18-15(21)5-4-6-16(18)22/h4-10H,1-3H3,(H,26,27)(H,23,24,25). The molecule has 2 N–H and O–H groups in total. The lowest BCUT2D eigenvalue weighted by atomic mass is 10.1. The van der Waals surface area contributed by atoms with Gasteiger partial charge in [-0.25, -0.2) is 18.7 Å². The first-order valence-corrected chi connectivity index (χ1v) is 8.28. The van der Waals surface area contributed by atoms with E-state index in [1.807, 2.05) is 32.0 Å². The van der Waals surface area contributed by atoms with Gasteiger partial charge in [0, 0.05) is 11.4 Å². The number of benzene rings is 2. The van der Waals surface area contributed by atoms with Gasteiger partial charge in [-0.1, -0.05) is 12.1 Å². The van der Waals surface area contributed by atoms with E-state index < -0.39 is 23.2 Å². The molecule has 0 aliphatic carbocycles. The summed E-state index contributed by atoms with van der Waals surface area (Å²) in [6.07, 6.45) is 0. The Morgan fingerprint density at radius 1 is 0.926 bits per heavy atom. The minimum Gasteiger partial charge on any atom is -0.324 e. The van der Waals surface area contributed by atoms with E-state index in [0.29, 0.717) is 5.69 Å². The van der Waals surface area contributed by atoms with Crippen molar-refractivity contribution in [1.82, 2.24) is 9.97 Å². The Kier molecular flexibility index (Phi) is 5.12. The first-order valence-electron chi connectivity index (χ1n) is 8.28. The number of para-hydroxylation sites is 1. The summed E-state index contributed by atoms with van der Waals surface area (Å²) in [5.41, 5.74) is 2.94. The van der Waals surface area contributed by atoms with Crippen LogP contribution in [0.15, 0.2) is 42.5 Å². The zero-order valence-electron chi connectivity index (χ0n) is 15.1. The van der Waals surface area contributed by atoms with Gasteiger partial charge in [0.1, 0.15) is 23.0 Å². The van der Waals surface area contributed by atoms with E-state index in [1.54, 1.807) is 6.92 Å². The van der Waals surface area contributed by atoms with Crippen LogP contribution >= 0.6 is 0 Å². The lowest BCUT2D eigenvalue weighted by Gasteiger charge is -2.11. The maximum Gasteiger partial charge on any atom is 0.274 e. The van der Waals surface area contributed by atoms with Gasteiger partial charge in [0.15, 0.2) is 0 Å². The van der Waals surface area contributed by atoms with E-state index in [0.717, 1.165) is 28.9 Å². The second-order valence-electron chi connectivity index (χ2n) is 6.27. The van der Waals surface area contributed by atoms with Crippen LogP contribution in [-0.2, 0) is 0 Å². The zero-order chi connectivity index (χ0) is 19.6. The Morgan fingerprint density at radius 3 is 2.19 bits per heavy atom. The molecule has 3 rings (SSSR count). The molecule has 5 nitrogen and oxygen atoms in total. The maximum absolute atomic E-state index is 13.7. The van der Waals surface area contributed by atoms with Crippen molar-refractivity contribution < 1.29 is 13.6 Å². The van der Waals surface area contributed by atoms with Crippen molar-refractivity contribution in [2.45, 2.75) is 20.8 Å². The number of amides is 1. The summed E-state index contributed by atoms with van der Waals surface area (Å²) >= 11 is 0. The van der Waals surface area contributed by atoms with Gasteiger partial charge in [-0.15, -0.1) is 0 Å². The summed E-state index contributed by atoms with van der Waals surface area (Å²) in [4.78, 5) is 20.8. The van der Waals surface area contributed by atoms with Gasteiger partial charge in [-0.3, -0.25) is 4.79 Å². The molecular weight excluding hydrogens is 350 g/mol. The van der Waals surface area contributed by atoms with E-state index >= 15 is 0 Å². The summed E-state index contributed by atoms with van der Waals surface area (Å²) in [6.45, 7) is 5.64. The molecule has 0 unspecified atom stereocenters. The molecule has 3 aromatic rings. The predicted octanol–water partition coefficient (Wildman–Crippen LogP) is 4.68. The minimum atomic E-state index is -0.859. The molecule has 0 saturated heterocycles. The van der Waals surface area contributed by atoms with Crippen LogP contribution in [0.1, 0.15) is 27.3 Å². The molecule has 2 aromatic carbocycles. The van der Waals surface area contributed by atoms with Gasteiger partial charge in [0.2, 0.25) is 5.95 Å². The quantitative estimate of drug-likeness (QED) is 0.702. The Labute approximate surface area is 155 Å². The SMILES string of the molecule is Cc1cc(C)cc(Nc2nc(C)cc(C(=O)Nc3c(F)cccc3F)n2)c1. The topological polar surface area (TPSA) is 66.9 Å². The molecule has 1 heterocycles. The molecule has 138 valence electrons. The number of rotatable bonds is 4. The van der Waals surface area contributed by atoms with Crippen molar-refractivity contribution in [2.24, 2.45) is 0 Å². The molecule has 0 aliphatic rings. The summed E-state index contributed by atoms with van der Waals surface area (Å²) in [7, 11) is 0. The number of aryl methyl sites for hydroxylation is 3. The van der Waals surface area contributed by atoms with Crippen LogP contribution < -0.4 is 10.6 Å². The van der Waals surface area contributed by atoms with Crippen LogP contribution in [0.4, 0.5) is 26.1 Å². The molecule has 0 radical (unpaired) electrons. The number of hydrogen-bond donors (Lipinski definition) is 2. The predicted molar refractivity (Wildman–Crippen MR) is 100 cm³/mol. The van der Waals surface area contributed by atoms with Crippen molar-refractivity contribution in [3.63, 3.8) is 0 Å². The second kappa shape index (κ2) is 7.49. The second-order valence-corrected chi connectivity index (χ2v) is 6.27. The lowest BCUT2D eigenvalue weighted by molar-refractivity contribution is 0.102. The Balaban J connectivity index is 1.87. The van der Waals surface area contributed by atoms with Gasteiger partial charge in [0.25, 0.3) is 5.91 Å². The molecule has 0 bridgehead atoms. The molecule has 1 amide bonds. The molecule has 7 heteroatoms. The molecule has 27 heavy (non-hydrogen) atoms. The molecule has 0 spiro atoms. The van der Waals surface area contributed by atoms with Crippen molar-refractivity contribution in [1.29, 1.82) is 0 Å². The summed E-state index contributed by atoms with van der Waals surface area (Å²) in [6, 6.07) is 10.7. The third-order valence-electron chi connectivity index (χ3n) is 3.77. The smallest absolute Gasteiger partial charge is 0.274 e. The highest BCUT2D eigenvalue weighted by Crippen LogP contribution is 2.20. The maximum atomic E-state index is 13.7. The molecule has 0 saturated carbocycles. The molecular formula is C20H18F2N4O. The fraction of sp³-hybridized carbons (Fsp3) is 0.150. The first-order chi connectivity index (χ1) is 12.8. The zero-order valence-corrected chi connectivity index (χ0v) is 15.1. The van der Waals surface area contributed by atoms with E-state index in [1.165, 1.54) is 12.1 Å². The fourth-order valence-electron chi connectivity index (χ4n) is 2.71. The van der Waals surface area contributed by atoms with Gasteiger partial charge < -0.3 is 10.6 Å². The normalized spacial score (nSPS) is 10.6. The molecule has 0 atom stereocenters. The van der Waals surface area contributed by atoms with Crippen LogP contribution in [0.3, 0.4) is 0 Å². The number of carbonyl (C=O) groups excluding carboxylic acids is 1. The summed E-state index contributed by atoms with van der Waals surface area (Å²) in [5.74, 6) is -2.22. The number of aromatic nitrogens is 2. The Bertz CT molecular complexity index is 980. The third-order valence-corrected chi connectivity index (χ3v) is 3.77. The molecule has 0 aliphatic heterocycles. The number of halogens is 2. The number of nitrogens with zero attached hydrogens (tertiary/aromatic N) is 2. The van der Waals surface area contributed by atoms with Gasteiger partial charge >= 0.3 is 0 Å². The highest BCUT2D eigenvalue weighted by atomic mass is 19.1. The monoisotopic (exact) mass is 368 g/mol. The van der Waals surface area contributed by atoms with Gasteiger partial charge in [0.05, 0.1) is 0 Å². The number of hydrogen-bond acceptors (Lipinski definition) is 4. The van der Waals surface area contributed by atoms with Crippen molar-refractivity contribution in [3.8, 4) is 0 Å². The van der Waals surface area contributed by atoms with Crippen LogP contribution in [0.25, 0.3) is 0 Å². The minimum absolute atomic E-state index is 0.00275. The van der Waals surface area contributed by atoms with Gasteiger partial charge in [-0.2, -0.15) is 0 Å². The largest absolute Gasteiger partial charge is 0.324 e. The Morgan fingerprint density at radius 2 is 1.56 bits per heavy atom. The van der Waals surface area contributed by atoms with Gasteiger partial charge in [-0.05, 0) is 62.2 Å². The van der Waals surface area contributed by atoms with Crippen LogP contribution in [0.5, 0.6) is 0 Å². The van der Waals surface area contributed by atoms with Crippen LogP contribution in [0.2, 0.25) is 0 Å². The molecule has 0 fully saturated rings. The van der Waals surface area contributed by atoms with Crippen molar-refractivity contribution in [3.05, 3.63) is 76.6 Å². The van der Waals surface area contributed by atoms with E-state index in [9.17, 15) is 13.6 Å². The number of anilines is 3. The molecule has 1 aromatic heterocycles. The summed E-state index contributed by atoms with van der Waals surface area (Å²) < 4.78 is 27.5. The average molecular weight is 368 g/mol. The highest BCUT2D eigenvalue weighted by Gasteiger charge is 2.16. The van der Waals surface area contributed by atoms with Crippen LogP contribution in [-0.4, -0.2) is 15.9 Å². The Hall–Kier alpha value is -3.35.